The minimum absolute atomic E-state index is 0.0596. The standard InChI is InChI=1S/C13H17NO3/c1-2-17-13(16)9-14-12(10-15)8-11-6-4-3-5-7-11/h3-7,10,12,14H,2,8-9H2,1H3. The highest BCUT2D eigenvalue weighted by Gasteiger charge is 2.10. The molecular weight excluding hydrogens is 218 g/mol. The van der Waals surface area contributed by atoms with Crippen molar-refractivity contribution in [2.75, 3.05) is 13.2 Å². The molecule has 1 N–H and O–H groups in total. The quantitative estimate of drug-likeness (QED) is 0.564. The van der Waals surface area contributed by atoms with Gasteiger partial charge in [0, 0.05) is 0 Å². The lowest BCUT2D eigenvalue weighted by Gasteiger charge is -2.11. The van der Waals surface area contributed by atoms with E-state index in [1.54, 1.807) is 6.92 Å². The second kappa shape index (κ2) is 7.57. The number of carbonyl (C=O) groups is 2. The average molecular weight is 235 g/mol. The lowest BCUT2D eigenvalue weighted by molar-refractivity contribution is -0.142. The van der Waals surface area contributed by atoms with Gasteiger partial charge in [0.15, 0.2) is 0 Å². The van der Waals surface area contributed by atoms with E-state index in [9.17, 15) is 9.59 Å². The molecule has 0 saturated heterocycles. The first-order valence-electron chi connectivity index (χ1n) is 5.64. The van der Waals surface area contributed by atoms with Crippen molar-refractivity contribution < 1.29 is 14.3 Å². The Morgan fingerprint density at radius 1 is 1.41 bits per heavy atom. The van der Waals surface area contributed by atoms with Crippen molar-refractivity contribution >= 4 is 12.3 Å². The van der Waals surface area contributed by atoms with Crippen LogP contribution in [0.4, 0.5) is 0 Å². The van der Waals surface area contributed by atoms with E-state index < -0.39 is 0 Å². The van der Waals surface area contributed by atoms with Crippen molar-refractivity contribution in [2.24, 2.45) is 0 Å². The zero-order valence-corrected chi connectivity index (χ0v) is 9.89. The number of hydrogen-bond donors (Lipinski definition) is 1. The first kappa shape index (κ1) is 13.4. The summed E-state index contributed by atoms with van der Waals surface area (Å²) < 4.78 is 4.77. The summed E-state index contributed by atoms with van der Waals surface area (Å²) in [6.45, 7) is 2.16. The number of rotatable bonds is 7. The van der Waals surface area contributed by atoms with Crippen LogP contribution in [0.1, 0.15) is 12.5 Å². The summed E-state index contributed by atoms with van der Waals surface area (Å²) in [6, 6.07) is 9.29. The minimum atomic E-state index is -0.359. The van der Waals surface area contributed by atoms with Gasteiger partial charge in [0.25, 0.3) is 0 Å². The Balaban J connectivity index is 2.39. The zero-order valence-electron chi connectivity index (χ0n) is 9.89. The highest BCUT2D eigenvalue weighted by molar-refractivity contribution is 5.72. The molecule has 4 nitrogen and oxygen atoms in total. The first-order valence-corrected chi connectivity index (χ1v) is 5.64. The molecule has 17 heavy (non-hydrogen) atoms. The van der Waals surface area contributed by atoms with E-state index in [-0.39, 0.29) is 18.6 Å². The SMILES string of the molecule is CCOC(=O)CNC(C=O)Cc1ccccc1. The second-order valence-electron chi connectivity index (χ2n) is 3.62. The maximum absolute atomic E-state index is 11.1. The normalized spacial score (nSPS) is 11.8. The number of carbonyl (C=O) groups excluding carboxylic acids is 2. The molecule has 0 radical (unpaired) electrons. The molecule has 0 fully saturated rings. The van der Waals surface area contributed by atoms with E-state index in [1.807, 2.05) is 30.3 Å². The molecule has 92 valence electrons. The van der Waals surface area contributed by atoms with Crippen LogP contribution in [-0.2, 0) is 20.7 Å². The Labute approximate surface area is 101 Å². The summed E-state index contributed by atoms with van der Waals surface area (Å²) in [7, 11) is 0. The van der Waals surface area contributed by atoms with Gasteiger partial charge in [-0.1, -0.05) is 30.3 Å². The van der Waals surface area contributed by atoms with E-state index in [1.165, 1.54) is 0 Å². The molecule has 1 aromatic rings. The van der Waals surface area contributed by atoms with E-state index in [0.29, 0.717) is 13.0 Å². The molecule has 0 saturated carbocycles. The number of nitrogens with one attached hydrogen (secondary N) is 1. The van der Waals surface area contributed by atoms with Gasteiger partial charge in [-0.2, -0.15) is 0 Å². The summed E-state index contributed by atoms with van der Waals surface area (Å²) in [5, 5.41) is 2.86. The minimum Gasteiger partial charge on any atom is -0.465 e. The van der Waals surface area contributed by atoms with Gasteiger partial charge in [-0.25, -0.2) is 0 Å². The molecule has 1 aromatic carbocycles. The van der Waals surface area contributed by atoms with Crippen molar-refractivity contribution in [3.8, 4) is 0 Å². The molecule has 0 heterocycles. The summed E-state index contributed by atoms with van der Waals surface area (Å²) in [5.41, 5.74) is 1.06. The third kappa shape index (κ3) is 5.26. The van der Waals surface area contributed by atoms with Gasteiger partial charge >= 0.3 is 5.97 Å². The van der Waals surface area contributed by atoms with Crippen LogP contribution < -0.4 is 5.32 Å². The predicted molar refractivity (Wildman–Crippen MR) is 64.6 cm³/mol. The molecule has 1 rings (SSSR count). The third-order valence-corrected chi connectivity index (χ3v) is 2.28. The van der Waals surface area contributed by atoms with Gasteiger partial charge in [0.05, 0.1) is 19.2 Å². The Morgan fingerprint density at radius 2 is 2.12 bits per heavy atom. The van der Waals surface area contributed by atoms with Crippen molar-refractivity contribution in [1.29, 1.82) is 0 Å². The molecule has 0 amide bonds. The Bertz CT molecular complexity index is 351. The molecule has 1 unspecified atom stereocenters. The summed E-state index contributed by atoms with van der Waals surface area (Å²) in [4.78, 5) is 22.0. The summed E-state index contributed by atoms with van der Waals surface area (Å²) in [6.07, 6.45) is 1.38. The Morgan fingerprint density at radius 3 is 2.71 bits per heavy atom. The number of ether oxygens (including phenoxy) is 1. The van der Waals surface area contributed by atoms with E-state index in [2.05, 4.69) is 5.32 Å². The number of aldehydes is 1. The van der Waals surface area contributed by atoms with Crippen molar-refractivity contribution in [2.45, 2.75) is 19.4 Å². The van der Waals surface area contributed by atoms with E-state index in [0.717, 1.165) is 11.8 Å². The van der Waals surface area contributed by atoms with Crippen molar-refractivity contribution in [3.63, 3.8) is 0 Å². The smallest absolute Gasteiger partial charge is 0.319 e. The third-order valence-electron chi connectivity index (χ3n) is 2.28. The Kier molecular flexibility index (Phi) is 5.96. The number of esters is 1. The molecule has 0 aliphatic rings. The molecule has 4 heteroatoms. The predicted octanol–water partition coefficient (Wildman–Crippen LogP) is 0.949. The molecule has 0 aromatic heterocycles. The van der Waals surface area contributed by atoms with Gasteiger partial charge in [-0.05, 0) is 18.9 Å². The highest BCUT2D eigenvalue weighted by atomic mass is 16.5. The molecule has 0 aliphatic carbocycles. The van der Waals surface area contributed by atoms with Crippen LogP contribution in [-0.4, -0.2) is 31.4 Å². The molecule has 1 atom stereocenters. The van der Waals surface area contributed by atoms with Crippen LogP contribution in [0.15, 0.2) is 30.3 Å². The maximum Gasteiger partial charge on any atom is 0.319 e. The van der Waals surface area contributed by atoms with Gasteiger partial charge in [-0.15, -0.1) is 0 Å². The highest BCUT2D eigenvalue weighted by Crippen LogP contribution is 2.01. The fourth-order valence-corrected chi connectivity index (χ4v) is 1.46. The summed E-state index contributed by atoms with van der Waals surface area (Å²) in [5.74, 6) is -0.340. The van der Waals surface area contributed by atoms with Crippen LogP contribution in [0.2, 0.25) is 0 Å². The van der Waals surface area contributed by atoms with Gasteiger partial charge in [-0.3, -0.25) is 10.1 Å². The van der Waals surface area contributed by atoms with Gasteiger partial charge in [0.1, 0.15) is 6.29 Å². The summed E-state index contributed by atoms with van der Waals surface area (Å²) >= 11 is 0. The van der Waals surface area contributed by atoms with Crippen LogP contribution in [0.3, 0.4) is 0 Å². The van der Waals surface area contributed by atoms with E-state index >= 15 is 0 Å². The fourth-order valence-electron chi connectivity index (χ4n) is 1.46. The van der Waals surface area contributed by atoms with Crippen LogP contribution in [0.5, 0.6) is 0 Å². The zero-order chi connectivity index (χ0) is 12.5. The van der Waals surface area contributed by atoms with Gasteiger partial charge < -0.3 is 9.53 Å². The lowest BCUT2D eigenvalue weighted by atomic mass is 10.1. The maximum atomic E-state index is 11.1. The topological polar surface area (TPSA) is 55.4 Å². The first-order chi connectivity index (χ1) is 8.26. The molecule has 0 bridgehead atoms. The van der Waals surface area contributed by atoms with Crippen molar-refractivity contribution in [1.82, 2.24) is 5.32 Å². The fraction of sp³-hybridized carbons (Fsp3) is 0.385. The second-order valence-corrected chi connectivity index (χ2v) is 3.62. The van der Waals surface area contributed by atoms with Crippen LogP contribution in [0, 0.1) is 0 Å². The van der Waals surface area contributed by atoms with Crippen molar-refractivity contribution in [3.05, 3.63) is 35.9 Å². The van der Waals surface area contributed by atoms with Crippen LogP contribution >= 0.6 is 0 Å². The van der Waals surface area contributed by atoms with Crippen LogP contribution in [0.25, 0.3) is 0 Å². The Hall–Kier alpha value is -1.68. The average Bonchev–Trinajstić information content (AvgIpc) is 2.36. The monoisotopic (exact) mass is 235 g/mol. The lowest BCUT2D eigenvalue weighted by Crippen LogP contribution is -2.37. The van der Waals surface area contributed by atoms with Gasteiger partial charge in [0.2, 0.25) is 0 Å². The number of hydrogen-bond acceptors (Lipinski definition) is 4. The van der Waals surface area contributed by atoms with E-state index in [4.69, 9.17) is 4.74 Å². The molecular formula is C13H17NO3. The number of benzene rings is 1. The molecule has 0 aliphatic heterocycles. The molecule has 0 spiro atoms. The largest absolute Gasteiger partial charge is 0.465 e.